The number of hydrogen-bond donors (Lipinski definition) is 1. The number of carbonyl (C=O) groups is 1. The lowest BCUT2D eigenvalue weighted by Gasteiger charge is -2.38. The van der Waals surface area contributed by atoms with Crippen molar-refractivity contribution in [2.75, 3.05) is 33.3 Å². The minimum absolute atomic E-state index is 0.145. The molecular formula is C14H28N2O2. The molecular weight excluding hydrogens is 228 g/mol. The van der Waals surface area contributed by atoms with Crippen molar-refractivity contribution in [3.8, 4) is 0 Å². The number of methoxy groups -OCH3 is 1. The quantitative estimate of drug-likeness (QED) is 0.757. The van der Waals surface area contributed by atoms with Crippen LogP contribution in [0.25, 0.3) is 0 Å². The van der Waals surface area contributed by atoms with Crippen LogP contribution >= 0.6 is 0 Å². The van der Waals surface area contributed by atoms with Gasteiger partial charge in [-0.3, -0.25) is 4.79 Å². The Morgan fingerprint density at radius 1 is 1.50 bits per heavy atom. The number of ether oxygens (including phenoxy) is 1. The first-order chi connectivity index (χ1) is 8.40. The van der Waals surface area contributed by atoms with E-state index < -0.39 is 5.41 Å². The highest BCUT2D eigenvalue weighted by Gasteiger charge is 2.31. The second-order valence-electron chi connectivity index (χ2n) is 6.02. The number of carbonyl (C=O) groups excluding carboxylic acids is 1. The molecule has 0 unspecified atom stereocenters. The molecule has 0 aromatic rings. The van der Waals surface area contributed by atoms with Crippen molar-refractivity contribution in [1.29, 1.82) is 0 Å². The van der Waals surface area contributed by atoms with E-state index >= 15 is 0 Å². The van der Waals surface area contributed by atoms with E-state index in [1.54, 1.807) is 0 Å². The molecule has 1 fully saturated rings. The van der Waals surface area contributed by atoms with Gasteiger partial charge in [-0.1, -0.05) is 13.8 Å². The van der Waals surface area contributed by atoms with Gasteiger partial charge in [0.25, 0.3) is 0 Å². The average molecular weight is 256 g/mol. The van der Waals surface area contributed by atoms with E-state index in [1.807, 2.05) is 13.8 Å². The maximum atomic E-state index is 11.6. The normalized spacial score (nSPS) is 26.1. The largest absolute Gasteiger partial charge is 0.469 e. The average Bonchev–Trinajstić information content (AvgIpc) is 2.36. The number of esters is 1. The van der Waals surface area contributed by atoms with Crippen molar-refractivity contribution in [3.63, 3.8) is 0 Å². The Hall–Kier alpha value is -0.610. The third kappa shape index (κ3) is 3.95. The first kappa shape index (κ1) is 15.4. The Bertz CT molecular complexity index is 279. The van der Waals surface area contributed by atoms with E-state index in [4.69, 9.17) is 4.74 Å². The molecule has 1 rings (SSSR count). The summed E-state index contributed by atoms with van der Waals surface area (Å²) in [4.78, 5) is 14.1. The second kappa shape index (κ2) is 6.53. The molecule has 4 nitrogen and oxygen atoms in total. The third-order valence-corrected chi connectivity index (χ3v) is 3.98. The summed E-state index contributed by atoms with van der Waals surface area (Å²) in [6.45, 7) is 12.5. The molecule has 0 aromatic carbocycles. The lowest BCUT2D eigenvalue weighted by molar-refractivity contribution is -0.150. The van der Waals surface area contributed by atoms with Crippen LogP contribution in [0.5, 0.6) is 0 Å². The first-order valence-electron chi connectivity index (χ1n) is 6.95. The first-order valence-corrected chi connectivity index (χ1v) is 6.95. The van der Waals surface area contributed by atoms with Gasteiger partial charge < -0.3 is 15.0 Å². The standard InChI is InChI=1S/C14H28N2O2/c1-6-16-8-7-12(11(2)9-16)15-10-14(3,4)13(17)18-5/h11-12,15H,6-10H2,1-5H3/t11-,12+/m1/s1. The van der Waals surface area contributed by atoms with E-state index in [0.29, 0.717) is 18.5 Å². The van der Waals surface area contributed by atoms with Crippen LogP contribution in [0.15, 0.2) is 0 Å². The third-order valence-electron chi connectivity index (χ3n) is 3.98. The molecule has 1 aliphatic heterocycles. The molecule has 1 N–H and O–H groups in total. The van der Waals surface area contributed by atoms with E-state index in [0.717, 1.165) is 26.1 Å². The lowest BCUT2D eigenvalue weighted by Crippen LogP contribution is -2.51. The zero-order chi connectivity index (χ0) is 13.8. The molecule has 4 heteroatoms. The summed E-state index contributed by atoms with van der Waals surface area (Å²) < 4.78 is 4.83. The fourth-order valence-electron chi connectivity index (χ4n) is 2.56. The SMILES string of the molecule is CCN1CC[C@H](NCC(C)(C)C(=O)OC)[C@H](C)C1. The van der Waals surface area contributed by atoms with Gasteiger partial charge in [-0.15, -0.1) is 0 Å². The van der Waals surface area contributed by atoms with Gasteiger partial charge in [-0.25, -0.2) is 0 Å². The van der Waals surface area contributed by atoms with Crippen LogP contribution in [0.3, 0.4) is 0 Å². The summed E-state index contributed by atoms with van der Waals surface area (Å²) >= 11 is 0. The monoisotopic (exact) mass is 256 g/mol. The van der Waals surface area contributed by atoms with Crippen molar-refractivity contribution in [2.45, 2.75) is 40.2 Å². The Morgan fingerprint density at radius 3 is 2.67 bits per heavy atom. The maximum Gasteiger partial charge on any atom is 0.312 e. The molecule has 1 saturated heterocycles. The molecule has 1 aliphatic rings. The Morgan fingerprint density at radius 2 is 2.17 bits per heavy atom. The van der Waals surface area contributed by atoms with Crippen molar-refractivity contribution in [1.82, 2.24) is 10.2 Å². The number of hydrogen-bond acceptors (Lipinski definition) is 4. The Labute approximate surface area is 111 Å². The zero-order valence-electron chi connectivity index (χ0n) is 12.5. The summed E-state index contributed by atoms with van der Waals surface area (Å²) in [5, 5.41) is 3.54. The van der Waals surface area contributed by atoms with E-state index in [2.05, 4.69) is 24.1 Å². The van der Waals surface area contributed by atoms with Crippen LogP contribution in [-0.4, -0.2) is 50.2 Å². The molecule has 18 heavy (non-hydrogen) atoms. The molecule has 0 saturated carbocycles. The van der Waals surface area contributed by atoms with Crippen LogP contribution in [0.2, 0.25) is 0 Å². The summed E-state index contributed by atoms with van der Waals surface area (Å²) in [6, 6.07) is 0.511. The van der Waals surface area contributed by atoms with Crippen molar-refractivity contribution < 1.29 is 9.53 Å². The summed E-state index contributed by atoms with van der Waals surface area (Å²) in [5.74, 6) is 0.487. The van der Waals surface area contributed by atoms with Crippen molar-refractivity contribution >= 4 is 5.97 Å². The molecule has 106 valence electrons. The highest BCUT2D eigenvalue weighted by Crippen LogP contribution is 2.20. The van der Waals surface area contributed by atoms with Crippen molar-refractivity contribution in [2.24, 2.45) is 11.3 Å². The van der Waals surface area contributed by atoms with Gasteiger partial charge in [0, 0.05) is 19.1 Å². The molecule has 0 bridgehead atoms. The maximum absolute atomic E-state index is 11.6. The predicted octanol–water partition coefficient (Wildman–Crippen LogP) is 1.51. The van der Waals surface area contributed by atoms with Crippen molar-refractivity contribution in [3.05, 3.63) is 0 Å². The van der Waals surface area contributed by atoms with Crippen LogP contribution in [0.1, 0.15) is 34.1 Å². The smallest absolute Gasteiger partial charge is 0.312 e. The fourth-order valence-corrected chi connectivity index (χ4v) is 2.56. The zero-order valence-corrected chi connectivity index (χ0v) is 12.5. The highest BCUT2D eigenvalue weighted by molar-refractivity contribution is 5.76. The number of nitrogens with one attached hydrogen (secondary N) is 1. The van der Waals surface area contributed by atoms with Crippen LogP contribution in [0, 0.1) is 11.3 Å². The minimum Gasteiger partial charge on any atom is -0.469 e. The predicted molar refractivity (Wildman–Crippen MR) is 73.5 cm³/mol. The van der Waals surface area contributed by atoms with E-state index in [9.17, 15) is 4.79 Å². The van der Waals surface area contributed by atoms with Gasteiger partial charge in [0.1, 0.15) is 0 Å². The molecule has 0 aliphatic carbocycles. The van der Waals surface area contributed by atoms with Gasteiger partial charge in [0.05, 0.1) is 12.5 Å². The number of piperidine rings is 1. The summed E-state index contributed by atoms with van der Waals surface area (Å²) in [7, 11) is 1.45. The Balaban J connectivity index is 2.42. The summed E-state index contributed by atoms with van der Waals surface area (Å²) in [5.41, 5.74) is -0.448. The van der Waals surface area contributed by atoms with Gasteiger partial charge in [0.15, 0.2) is 0 Å². The molecule has 0 radical (unpaired) electrons. The van der Waals surface area contributed by atoms with E-state index in [1.165, 1.54) is 7.11 Å². The van der Waals surface area contributed by atoms with Gasteiger partial charge in [0.2, 0.25) is 0 Å². The van der Waals surface area contributed by atoms with Crippen LogP contribution < -0.4 is 5.32 Å². The molecule has 0 aromatic heterocycles. The van der Waals surface area contributed by atoms with Gasteiger partial charge in [-0.2, -0.15) is 0 Å². The minimum atomic E-state index is -0.448. The number of nitrogens with zero attached hydrogens (tertiary/aromatic N) is 1. The van der Waals surface area contributed by atoms with Crippen LogP contribution in [-0.2, 0) is 9.53 Å². The highest BCUT2D eigenvalue weighted by atomic mass is 16.5. The fraction of sp³-hybridized carbons (Fsp3) is 0.929. The summed E-state index contributed by atoms with van der Waals surface area (Å²) in [6.07, 6.45) is 1.16. The molecule has 2 atom stereocenters. The molecule has 0 spiro atoms. The lowest BCUT2D eigenvalue weighted by atomic mass is 9.90. The second-order valence-corrected chi connectivity index (χ2v) is 6.02. The number of likely N-dealkylation sites (tertiary alicyclic amines) is 1. The Kier molecular flexibility index (Phi) is 5.60. The number of rotatable bonds is 5. The molecule has 0 amide bonds. The van der Waals surface area contributed by atoms with Gasteiger partial charge in [-0.05, 0) is 39.3 Å². The van der Waals surface area contributed by atoms with Gasteiger partial charge >= 0.3 is 5.97 Å². The van der Waals surface area contributed by atoms with Crippen LogP contribution in [0.4, 0.5) is 0 Å². The molecule has 1 heterocycles. The van der Waals surface area contributed by atoms with E-state index in [-0.39, 0.29) is 5.97 Å². The topological polar surface area (TPSA) is 41.6 Å².